The van der Waals surface area contributed by atoms with E-state index in [2.05, 4.69) is 10.6 Å². The predicted octanol–water partition coefficient (Wildman–Crippen LogP) is 4.07. The van der Waals surface area contributed by atoms with Gasteiger partial charge in [-0.3, -0.25) is 14.9 Å². The number of nitrogens with one attached hydrogen (secondary N) is 2. The molecule has 0 radical (unpaired) electrons. The summed E-state index contributed by atoms with van der Waals surface area (Å²) in [5.41, 5.74) is 1.14. The second-order valence-corrected chi connectivity index (χ2v) is 9.75. The molecular weight excluding hydrogens is 510 g/mol. The van der Waals surface area contributed by atoms with Gasteiger partial charge in [-0.1, -0.05) is 48.0 Å². The van der Waals surface area contributed by atoms with Crippen LogP contribution in [0.15, 0.2) is 72.8 Å². The number of likely N-dealkylation sites (tertiary alicyclic amines) is 1. The molecule has 3 amide bonds. The van der Waals surface area contributed by atoms with E-state index in [-0.39, 0.29) is 30.0 Å². The molecule has 3 N–H and O–H groups in total. The van der Waals surface area contributed by atoms with Gasteiger partial charge in [0.05, 0.1) is 17.8 Å². The first kappa shape index (κ1) is 25.3. The molecule has 3 aromatic rings. The maximum Gasteiger partial charge on any atom is 0.412 e. The minimum atomic E-state index is -1.16. The predicted molar refractivity (Wildman–Crippen MR) is 139 cm³/mol. The van der Waals surface area contributed by atoms with Gasteiger partial charge in [0, 0.05) is 35.5 Å². The molecule has 2 heterocycles. The van der Waals surface area contributed by atoms with Crippen molar-refractivity contribution in [3.05, 3.63) is 100 Å². The number of halogens is 1. The standard InChI is InChI=1S/C28H24ClN3O6/c29-20-9-10-22-21(15-20)28(38-27(37)31-22)11-12-32(16-28)25(34)23(13-17-5-2-1-3-6-17)30-24(33)18-7-4-8-19(14-18)26(35)36/h1-10,14-15,23H,11-13,16H2,(H,30,33)(H,31,37)(H,35,36)/t23-,28?/m0/s1. The first-order valence-corrected chi connectivity index (χ1v) is 12.4. The summed E-state index contributed by atoms with van der Waals surface area (Å²) in [5, 5.41) is 15.2. The van der Waals surface area contributed by atoms with Crippen molar-refractivity contribution in [2.45, 2.75) is 24.5 Å². The fourth-order valence-electron chi connectivity index (χ4n) is 4.95. The topological polar surface area (TPSA) is 125 Å². The van der Waals surface area contributed by atoms with Crippen LogP contribution in [0.3, 0.4) is 0 Å². The Hall–Kier alpha value is -4.37. The second kappa shape index (κ2) is 10.2. The average Bonchev–Trinajstić information content (AvgIpc) is 3.33. The molecule has 2 atom stereocenters. The van der Waals surface area contributed by atoms with Crippen molar-refractivity contribution < 1.29 is 29.0 Å². The molecule has 38 heavy (non-hydrogen) atoms. The lowest BCUT2D eigenvalue weighted by molar-refractivity contribution is -0.133. The van der Waals surface area contributed by atoms with Crippen LogP contribution in [-0.2, 0) is 21.6 Å². The highest BCUT2D eigenvalue weighted by atomic mass is 35.5. The molecule has 0 aliphatic carbocycles. The number of carbonyl (C=O) groups excluding carboxylic acids is 3. The highest BCUT2D eigenvalue weighted by Gasteiger charge is 2.49. The molecule has 0 saturated carbocycles. The smallest absolute Gasteiger partial charge is 0.412 e. The minimum Gasteiger partial charge on any atom is -0.478 e. The number of carbonyl (C=O) groups is 4. The molecule has 1 fully saturated rings. The van der Waals surface area contributed by atoms with E-state index in [4.69, 9.17) is 16.3 Å². The number of fused-ring (bicyclic) bond motifs is 2. The molecule has 194 valence electrons. The molecule has 1 saturated heterocycles. The van der Waals surface area contributed by atoms with Crippen molar-refractivity contribution >= 4 is 41.2 Å². The highest BCUT2D eigenvalue weighted by molar-refractivity contribution is 6.30. The number of ether oxygens (including phenoxy) is 1. The number of rotatable bonds is 6. The lowest BCUT2D eigenvalue weighted by atomic mass is 9.90. The molecule has 2 aliphatic heterocycles. The Morgan fingerprint density at radius 2 is 1.82 bits per heavy atom. The van der Waals surface area contributed by atoms with Crippen molar-refractivity contribution in [3.8, 4) is 0 Å². The molecule has 1 unspecified atom stereocenters. The number of carboxylic acids is 1. The van der Waals surface area contributed by atoms with Crippen LogP contribution in [0, 0.1) is 0 Å². The number of aromatic carboxylic acids is 1. The van der Waals surface area contributed by atoms with Crippen LogP contribution in [0.1, 0.15) is 38.3 Å². The largest absolute Gasteiger partial charge is 0.478 e. The quantitative estimate of drug-likeness (QED) is 0.438. The SMILES string of the molecule is O=C1Nc2ccc(Cl)cc2C2(CCN(C(=O)[C@H](Cc3ccccc3)NC(=O)c3cccc(C(=O)O)c3)C2)O1. The molecule has 2 aliphatic rings. The zero-order valence-corrected chi connectivity index (χ0v) is 20.9. The zero-order chi connectivity index (χ0) is 26.9. The molecule has 9 nitrogen and oxygen atoms in total. The van der Waals surface area contributed by atoms with Crippen molar-refractivity contribution in [1.82, 2.24) is 10.2 Å². The van der Waals surface area contributed by atoms with Gasteiger partial charge in [0.15, 0.2) is 5.60 Å². The molecule has 1 spiro atoms. The maximum atomic E-state index is 13.8. The number of carboxylic acid groups (broad SMARTS) is 1. The van der Waals surface area contributed by atoms with E-state index in [1.165, 1.54) is 24.3 Å². The normalized spacial score (nSPS) is 18.8. The van der Waals surface area contributed by atoms with Crippen molar-refractivity contribution in [1.29, 1.82) is 0 Å². The lowest BCUT2D eigenvalue weighted by Gasteiger charge is -2.35. The number of hydrogen-bond acceptors (Lipinski definition) is 5. The summed E-state index contributed by atoms with van der Waals surface area (Å²) in [6.07, 6.45) is -0.0229. The summed E-state index contributed by atoms with van der Waals surface area (Å²) in [7, 11) is 0. The fraction of sp³-hybridized carbons (Fsp3) is 0.214. The van der Waals surface area contributed by atoms with Crippen LogP contribution >= 0.6 is 11.6 Å². The number of hydrogen-bond donors (Lipinski definition) is 3. The van der Waals surface area contributed by atoms with Gasteiger partial charge in [-0.05, 0) is 42.0 Å². The third-order valence-corrected chi connectivity index (χ3v) is 7.03. The van der Waals surface area contributed by atoms with Crippen molar-refractivity contribution in [2.75, 3.05) is 18.4 Å². The van der Waals surface area contributed by atoms with E-state index in [0.29, 0.717) is 29.2 Å². The summed E-state index contributed by atoms with van der Waals surface area (Å²) in [6, 6.07) is 19.0. The summed E-state index contributed by atoms with van der Waals surface area (Å²) in [6.45, 7) is 0.399. The van der Waals surface area contributed by atoms with Gasteiger partial charge >= 0.3 is 12.1 Å². The fourth-order valence-corrected chi connectivity index (χ4v) is 5.12. The van der Waals surface area contributed by atoms with Gasteiger partial charge in [-0.2, -0.15) is 0 Å². The molecule has 10 heteroatoms. The lowest BCUT2D eigenvalue weighted by Crippen LogP contribution is -2.50. The Morgan fingerprint density at radius 3 is 2.58 bits per heavy atom. The van der Waals surface area contributed by atoms with Crippen LogP contribution in [0.4, 0.5) is 10.5 Å². The Morgan fingerprint density at radius 1 is 1.05 bits per heavy atom. The third-order valence-electron chi connectivity index (χ3n) is 6.80. The van der Waals surface area contributed by atoms with Crippen molar-refractivity contribution in [2.24, 2.45) is 0 Å². The van der Waals surface area contributed by atoms with Gasteiger partial charge in [-0.15, -0.1) is 0 Å². The molecule has 0 bridgehead atoms. The number of amides is 3. The molecular formula is C28H24ClN3O6. The summed E-state index contributed by atoms with van der Waals surface area (Å²) in [5.74, 6) is -2.07. The van der Waals surface area contributed by atoms with E-state index in [9.17, 15) is 24.3 Å². The Labute approximate surface area is 223 Å². The first-order chi connectivity index (χ1) is 18.2. The first-order valence-electron chi connectivity index (χ1n) is 12.0. The van der Waals surface area contributed by atoms with Gasteiger partial charge in [0.1, 0.15) is 6.04 Å². The van der Waals surface area contributed by atoms with Gasteiger partial charge in [-0.25, -0.2) is 9.59 Å². The number of benzene rings is 3. The van der Waals surface area contributed by atoms with Crippen LogP contribution in [0.5, 0.6) is 0 Å². The summed E-state index contributed by atoms with van der Waals surface area (Å²) >= 11 is 6.23. The van der Waals surface area contributed by atoms with Gasteiger partial charge in [0.25, 0.3) is 5.91 Å². The number of anilines is 1. The Kier molecular flexibility index (Phi) is 6.77. The van der Waals surface area contributed by atoms with E-state index < -0.39 is 29.6 Å². The monoisotopic (exact) mass is 533 g/mol. The average molecular weight is 534 g/mol. The van der Waals surface area contributed by atoms with Gasteiger partial charge < -0.3 is 20.1 Å². The van der Waals surface area contributed by atoms with Crippen LogP contribution in [0.25, 0.3) is 0 Å². The van der Waals surface area contributed by atoms with Crippen LogP contribution in [0.2, 0.25) is 5.02 Å². The number of nitrogens with zero attached hydrogens (tertiary/aromatic N) is 1. The van der Waals surface area contributed by atoms with Crippen LogP contribution < -0.4 is 10.6 Å². The molecule has 3 aromatic carbocycles. The summed E-state index contributed by atoms with van der Waals surface area (Å²) < 4.78 is 5.74. The summed E-state index contributed by atoms with van der Waals surface area (Å²) in [4.78, 5) is 52.2. The Bertz CT molecular complexity index is 1430. The maximum absolute atomic E-state index is 13.8. The van der Waals surface area contributed by atoms with E-state index in [1.807, 2.05) is 30.3 Å². The highest BCUT2D eigenvalue weighted by Crippen LogP contribution is 2.43. The zero-order valence-electron chi connectivity index (χ0n) is 20.1. The van der Waals surface area contributed by atoms with Crippen molar-refractivity contribution in [3.63, 3.8) is 0 Å². The van der Waals surface area contributed by atoms with E-state index in [0.717, 1.165) is 5.56 Å². The van der Waals surface area contributed by atoms with Crippen LogP contribution in [-0.4, -0.2) is 53.0 Å². The molecule has 0 aromatic heterocycles. The molecule has 5 rings (SSSR count). The minimum absolute atomic E-state index is 0.0323. The second-order valence-electron chi connectivity index (χ2n) is 9.31. The third kappa shape index (κ3) is 5.05. The van der Waals surface area contributed by atoms with Gasteiger partial charge in [0.2, 0.25) is 5.91 Å². The Balaban J connectivity index is 1.41. The van der Waals surface area contributed by atoms with E-state index in [1.54, 1.807) is 23.1 Å². The van der Waals surface area contributed by atoms with E-state index >= 15 is 0 Å².